The van der Waals surface area contributed by atoms with Gasteiger partial charge in [-0.25, -0.2) is 0 Å². The average Bonchev–Trinajstić information content (AvgIpc) is 2.33. The van der Waals surface area contributed by atoms with Gasteiger partial charge in [-0.05, 0) is 43.4 Å². The molecule has 2 unspecified atom stereocenters. The van der Waals surface area contributed by atoms with Crippen LogP contribution in [0.3, 0.4) is 0 Å². The first-order chi connectivity index (χ1) is 5.33. The molecule has 3 rings (SSSR count). The molecule has 0 aromatic heterocycles. The summed E-state index contributed by atoms with van der Waals surface area (Å²) in [5.74, 6) is 2.83. The Morgan fingerprint density at radius 1 is 0.909 bits per heavy atom. The van der Waals surface area contributed by atoms with Crippen molar-refractivity contribution in [2.45, 2.75) is 44.1 Å². The molecular formula is C10H17N. The molecule has 11 heavy (non-hydrogen) atoms. The molecule has 0 aromatic rings. The van der Waals surface area contributed by atoms with Crippen LogP contribution in [0.2, 0.25) is 0 Å². The van der Waals surface area contributed by atoms with Gasteiger partial charge in [-0.1, -0.05) is 12.8 Å². The fourth-order valence-electron chi connectivity index (χ4n) is 3.56. The summed E-state index contributed by atoms with van der Waals surface area (Å²) in [7, 11) is 0. The van der Waals surface area contributed by atoms with Crippen LogP contribution in [0.15, 0.2) is 0 Å². The highest BCUT2D eigenvalue weighted by atomic mass is 14.9. The van der Waals surface area contributed by atoms with Gasteiger partial charge in [0.25, 0.3) is 0 Å². The van der Waals surface area contributed by atoms with Gasteiger partial charge in [0.15, 0.2) is 0 Å². The van der Waals surface area contributed by atoms with Gasteiger partial charge in [0.05, 0.1) is 0 Å². The molecule has 1 nitrogen and oxygen atoms in total. The molecule has 3 fully saturated rings. The van der Waals surface area contributed by atoms with E-state index < -0.39 is 0 Å². The number of hydrogen-bond acceptors (Lipinski definition) is 1. The third kappa shape index (κ3) is 0.618. The summed E-state index contributed by atoms with van der Waals surface area (Å²) in [4.78, 5) is 0. The molecule has 0 heterocycles. The number of fused-ring (bicyclic) bond motifs is 1. The molecular weight excluding hydrogens is 134 g/mol. The molecule has 3 aliphatic carbocycles. The van der Waals surface area contributed by atoms with E-state index in [1.54, 1.807) is 0 Å². The lowest BCUT2D eigenvalue weighted by Crippen LogP contribution is -2.41. The van der Waals surface area contributed by atoms with Gasteiger partial charge in [-0.2, -0.15) is 0 Å². The van der Waals surface area contributed by atoms with Crippen molar-refractivity contribution in [3.8, 4) is 0 Å². The molecule has 2 N–H and O–H groups in total. The van der Waals surface area contributed by atoms with Crippen molar-refractivity contribution in [3.63, 3.8) is 0 Å². The number of hydrogen-bond donors (Lipinski definition) is 1. The first-order valence-electron chi connectivity index (χ1n) is 5.12. The van der Waals surface area contributed by atoms with Crippen LogP contribution in [0.1, 0.15) is 38.5 Å². The summed E-state index contributed by atoms with van der Waals surface area (Å²) in [6, 6.07) is 0. The van der Waals surface area contributed by atoms with E-state index >= 15 is 0 Å². The van der Waals surface area contributed by atoms with Gasteiger partial charge in [0, 0.05) is 5.54 Å². The lowest BCUT2D eigenvalue weighted by Gasteiger charge is -2.34. The second-order valence-electron chi connectivity index (χ2n) is 4.77. The molecule has 2 atom stereocenters. The fourth-order valence-corrected chi connectivity index (χ4v) is 3.56. The van der Waals surface area contributed by atoms with E-state index in [1.165, 1.54) is 38.5 Å². The van der Waals surface area contributed by atoms with Gasteiger partial charge >= 0.3 is 0 Å². The van der Waals surface area contributed by atoms with Crippen LogP contribution in [0, 0.1) is 17.8 Å². The Balaban J connectivity index is 1.77. The monoisotopic (exact) mass is 151 g/mol. The van der Waals surface area contributed by atoms with Crippen LogP contribution in [0.4, 0.5) is 0 Å². The van der Waals surface area contributed by atoms with Crippen molar-refractivity contribution in [2.24, 2.45) is 23.5 Å². The van der Waals surface area contributed by atoms with Crippen molar-refractivity contribution in [1.82, 2.24) is 0 Å². The van der Waals surface area contributed by atoms with Crippen LogP contribution in [-0.2, 0) is 0 Å². The second kappa shape index (κ2) is 1.82. The summed E-state index contributed by atoms with van der Waals surface area (Å²) in [6.45, 7) is 0. The Morgan fingerprint density at radius 2 is 1.45 bits per heavy atom. The van der Waals surface area contributed by atoms with E-state index in [0.29, 0.717) is 5.54 Å². The van der Waals surface area contributed by atoms with Crippen LogP contribution in [0.25, 0.3) is 0 Å². The summed E-state index contributed by atoms with van der Waals surface area (Å²) in [5.41, 5.74) is 6.76. The highest BCUT2D eigenvalue weighted by molar-refractivity contribution is 5.22. The van der Waals surface area contributed by atoms with Crippen LogP contribution in [0.5, 0.6) is 0 Å². The van der Waals surface area contributed by atoms with E-state index in [2.05, 4.69) is 0 Å². The van der Waals surface area contributed by atoms with E-state index in [4.69, 9.17) is 5.73 Å². The number of nitrogens with two attached hydrogens (primary N) is 1. The molecule has 0 amide bonds. The highest BCUT2D eigenvalue weighted by Gasteiger charge is 2.67. The van der Waals surface area contributed by atoms with Crippen LogP contribution in [-0.4, -0.2) is 5.54 Å². The molecule has 0 saturated heterocycles. The zero-order valence-electron chi connectivity index (χ0n) is 7.05. The summed E-state index contributed by atoms with van der Waals surface area (Å²) >= 11 is 0. The smallest absolute Gasteiger partial charge is 0.0246 e. The Labute approximate surface area is 68.3 Å². The van der Waals surface area contributed by atoms with Crippen LogP contribution >= 0.6 is 0 Å². The van der Waals surface area contributed by atoms with E-state index in [-0.39, 0.29) is 0 Å². The molecule has 62 valence electrons. The lowest BCUT2D eigenvalue weighted by molar-refractivity contribution is 0.214. The molecule has 1 heteroatoms. The Morgan fingerprint density at radius 3 is 1.91 bits per heavy atom. The topological polar surface area (TPSA) is 26.0 Å². The van der Waals surface area contributed by atoms with Gasteiger partial charge in [0.2, 0.25) is 0 Å². The zero-order chi connectivity index (χ0) is 7.47. The maximum Gasteiger partial charge on any atom is 0.0246 e. The molecule has 0 aromatic carbocycles. The molecule has 3 aliphatic rings. The van der Waals surface area contributed by atoms with E-state index in [1.807, 2.05) is 0 Å². The van der Waals surface area contributed by atoms with Crippen LogP contribution < -0.4 is 5.73 Å². The summed E-state index contributed by atoms with van der Waals surface area (Å²) < 4.78 is 0. The number of rotatable bonds is 1. The third-order valence-electron chi connectivity index (χ3n) is 4.50. The second-order valence-corrected chi connectivity index (χ2v) is 4.77. The molecule has 0 aliphatic heterocycles. The SMILES string of the molecule is NC1(C2CCC2)C2CCCC21. The molecule has 3 saturated carbocycles. The Bertz CT molecular complexity index is 168. The fraction of sp³-hybridized carbons (Fsp3) is 1.00. The first-order valence-corrected chi connectivity index (χ1v) is 5.12. The molecule has 0 radical (unpaired) electrons. The van der Waals surface area contributed by atoms with Gasteiger partial charge in [-0.3, -0.25) is 0 Å². The lowest BCUT2D eigenvalue weighted by atomic mass is 9.75. The molecule has 0 spiro atoms. The predicted molar refractivity (Wildman–Crippen MR) is 45.1 cm³/mol. The predicted octanol–water partition coefficient (Wildman–Crippen LogP) is 1.91. The summed E-state index contributed by atoms with van der Waals surface area (Å²) in [5, 5.41) is 0. The third-order valence-corrected chi connectivity index (χ3v) is 4.50. The first kappa shape index (κ1) is 6.47. The van der Waals surface area contributed by atoms with Crippen molar-refractivity contribution in [2.75, 3.05) is 0 Å². The normalized spacial score (nSPS) is 55.4. The van der Waals surface area contributed by atoms with Gasteiger partial charge in [0.1, 0.15) is 0 Å². The highest BCUT2D eigenvalue weighted by Crippen LogP contribution is 2.65. The van der Waals surface area contributed by atoms with E-state index in [0.717, 1.165) is 17.8 Å². The molecule has 0 bridgehead atoms. The van der Waals surface area contributed by atoms with Crippen molar-refractivity contribution in [1.29, 1.82) is 0 Å². The standard InChI is InChI=1S/C10H17N/c11-10(7-3-1-4-7)8-5-2-6-9(8)10/h7-9H,1-6,11H2. The quantitative estimate of drug-likeness (QED) is 0.608. The largest absolute Gasteiger partial charge is 0.324 e. The minimum Gasteiger partial charge on any atom is -0.324 e. The Hall–Kier alpha value is -0.0400. The maximum absolute atomic E-state index is 6.40. The maximum atomic E-state index is 6.40. The Kier molecular flexibility index (Phi) is 1.07. The van der Waals surface area contributed by atoms with Gasteiger partial charge < -0.3 is 5.73 Å². The minimum absolute atomic E-state index is 0.358. The average molecular weight is 151 g/mol. The summed E-state index contributed by atoms with van der Waals surface area (Å²) in [6.07, 6.45) is 8.66. The minimum atomic E-state index is 0.358. The van der Waals surface area contributed by atoms with E-state index in [9.17, 15) is 0 Å². The van der Waals surface area contributed by atoms with Gasteiger partial charge in [-0.15, -0.1) is 0 Å². The zero-order valence-corrected chi connectivity index (χ0v) is 7.05. The van der Waals surface area contributed by atoms with Crippen molar-refractivity contribution in [3.05, 3.63) is 0 Å². The van der Waals surface area contributed by atoms with Crippen molar-refractivity contribution < 1.29 is 0 Å². The van der Waals surface area contributed by atoms with Crippen molar-refractivity contribution >= 4 is 0 Å².